The highest BCUT2D eigenvalue weighted by Crippen LogP contribution is 2.68. The molecule has 3 aromatic rings. The number of methoxy groups -OCH3 is 2. The highest BCUT2D eigenvalue weighted by atomic mass is 32.2. The van der Waals surface area contributed by atoms with Crippen molar-refractivity contribution in [2.24, 2.45) is 5.41 Å². The van der Waals surface area contributed by atoms with Crippen LogP contribution in [0.5, 0.6) is 17.2 Å². The monoisotopic (exact) mass is 971 g/mol. The summed E-state index contributed by atoms with van der Waals surface area (Å²) in [4.78, 5) is 89.0. The van der Waals surface area contributed by atoms with Gasteiger partial charge in [-0.3, -0.25) is 32.5 Å². The number of amides is 2. The van der Waals surface area contributed by atoms with Gasteiger partial charge in [-0.25, -0.2) is 28.6 Å². The predicted molar refractivity (Wildman–Crippen MR) is 215 cm³/mol. The Hall–Kier alpha value is -4.08. The van der Waals surface area contributed by atoms with Gasteiger partial charge in [0.25, 0.3) is 5.91 Å². The van der Waals surface area contributed by atoms with Crippen molar-refractivity contribution in [3.63, 3.8) is 0 Å². The number of aromatic hydroxyl groups is 1. The molecule has 2 aromatic heterocycles. The van der Waals surface area contributed by atoms with E-state index in [-0.39, 0.29) is 64.6 Å². The van der Waals surface area contributed by atoms with E-state index in [1.165, 1.54) is 52.4 Å². The van der Waals surface area contributed by atoms with Crippen molar-refractivity contribution in [3.8, 4) is 17.2 Å². The second-order valence-corrected chi connectivity index (χ2v) is 19.4. The standard InChI is InChI=1S/C32H44N7O20P3S/c1-31(2)29(32(31,45)30(44)35-8-7-20(40)34-9-10-63-21(41)6-5-16-11-17(53-3)23(42)18(12-16)54-4)58-62(51,52)59-61(49,50)55-13-19-25(57-60(46,47)48)24(43)28(56-19)39-15-38-22-26(33)36-14-37-27(22)39/h5-6,11-12,14-15,19,24-25,28-29,42-43,45H,7-10,13H2,1-4H3,(H,34,40)(H,35,44)(H,49,50)(H,51,52)(H2,33,36,37)(H2,46,47,48). The molecular weight excluding hydrogens is 927 g/mol. The van der Waals surface area contributed by atoms with Gasteiger partial charge in [-0.05, 0) is 23.8 Å². The molecular formula is C32H44N7O20P3S. The van der Waals surface area contributed by atoms with E-state index in [9.17, 15) is 63.0 Å². The molecule has 2 fully saturated rings. The summed E-state index contributed by atoms with van der Waals surface area (Å²) in [6, 6.07) is 3.00. The van der Waals surface area contributed by atoms with Crippen molar-refractivity contribution in [1.29, 1.82) is 0 Å². The Kier molecular flexibility index (Phi) is 15.5. The Morgan fingerprint density at radius 1 is 1.00 bits per heavy atom. The zero-order valence-corrected chi connectivity index (χ0v) is 36.9. The number of hydrogen-bond acceptors (Lipinski definition) is 21. The molecule has 1 aliphatic heterocycles. The summed E-state index contributed by atoms with van der Waals surface area (Å²) in [5.41, 5.74) is 2.28. The van der Waals surface area contributed by atoms with E-state index in [0.29, 0.717) is 5.56 Å². The van der Waals surface area contributed by atoms with Crippen molar-refractivity contribution in [3.05, 3.63) is 36.4 Å². The molecule has 2 amide bonds. The first-order valence-electron chi connectivity index (χ1n) is 18.1. The van der Waals surface area contributed by atoms with E-state index in [4.69, 9.17) is 29.0 Å². The number of benzene rings is 1. The highest BCUT2D eigenvalue weighted by molar-refractivity contribution is 8.14. The number of aliphatic hydroxyl groups is 2. The third-order valence-electron chi connectivity index (χ3n) is 9.58. The number of aromatic nitrogens is 4. The number of carbonyl (C=O) groups is 3. The van der Waals surface area contributed by atoms with Crippen LogP contribution in [0.3, 0.4) is 0 Å². The smallest absolute Gasteiger partial charge is 0.481 e. The average Bonchev–Trinajstić information content (AvgIpc) is 3.52. The Bertz CT molecular complexity index is 2360. The van der Waals surface area contributed by atoms with Crippen molar-refractivity contribution < 1.29 is 95.1 Å². The molecule has 0 bridgehead atoms. The zero-order chi connectivity index (χ0) is 46.7. The number of phosphoric acid groups is 3. The highest BCUT2D eigenvalue weighted by Gasteiger charge is 2.78. The predicted octanol–water partition coefficient (Wildman–Crippen LogP) is -0.147. The fraction of sp³-hybridized carbons (Fsp3) is 0.500. The second-order valence-electron chi connectivity index (χ2n) is 14.1. The lowest BCUT2D eigenvalue weighted by Crippen LogP contribution is -2.42. The summed E-state index contributed by atoms with van der Waals surface area (Å²) in [6.45, 7) is 1.11. The zero-order valence-electron chi connectivity index (χ0n) is 33.4. The van der Waals surface area contributed by atoms with E-state index >= 15 is 0 Å². The number of fused-ring (bicyclic) bond motifs is 1. The Morgan fingerprint density at radius 3 is 2.30 bits per heavy atom. The van der Waals surface area contributed by atoms with Gasteiger partial charge >= 0.3 is 23.5 Å². The molecule has 31 heteroatoms. The Balaban J connectivity index is 1.07. The summed E-state index contributed by atoms with van der Waals surface area (Å²) < 4.78 is 73.0. The van der Waals surface area contributed by atoms with Crippen molar-refractivity contribution in [2.75, 3.05) is 45.4 Å². The first-order chi connectivity index (χ1) is 29.3. The fourth-order valence-corrected chi connectivity index (χ4v) is 9.84. The molecule has 8 unspecified atom stereocenters. The minimum absolute atomic E-state index is 0.0131. The minimum Gasteiger partial charge on any atom is -0.502 e. The minimum atomic E-state index is -5.68. The summed E-state index contributed by atoms with van der Waals surface area (Å²) in [7, 11) is -14.0. The summed E-state index contributed by atoms with van der Waals surface area (Å²) in [5.74, 6) is -1.44. The van der Waals surface area contributed by atoms with Crippen LogP contribution in [-0.4, -0.2) is 141 Å². The molecule has 8 atom stereocenters. The number of nitrogens with one attached hydrogen (secondary N) is 2. The average molecular weight is 972 g/mol. The van der Waals surface area contributed by atoms with Crippen LogP contribution in [0, 0.1) is 5.41 Å². The summed E-state index contributed by atoms with van der Waals surface area (Å²) in [6.07, 6.45) is -4.34. The quantitative estimate of drug-likeness (QED) is 0.0377. The SMILES string of the molecule is COc1cc(C=CC(=O)SCCNC(=O)CCNC(=O)C2(O)C(OP(=O)(O)OP(=O)(O)OCC3OC(n4cnc5c(N)ncnc54)C(O)C3OP(=O)(O)O)C2(C)C)cc(OC)c1O. The molecule has 11 N–H and O–H groups in total. The number of rotatable bonds is 21. The Morgan fingerprint density at radius 2 is 1.67 bits per heavy atom. The fourth-order valence-electron chi connectivity index (χ4n) is 6.29. The van der Waals surface area contributed by atoms with Crippen LogP contribution in [0.4, 0.5) is 5.82 Å². The molecule has 63 heavy (non-hydrogen) atoms. The van der Waals surface area contributed by atoms with Crippen LogP contribution in [0.25, 0.3) is 17.2 Å². The molecule has 5 rings (SSSR count). The number of nitrogens with two attached hydrogens (primary N) is 1. The van der Waals surface area contributed by atoms with Crippen LogP contribution in [0.1, 0.15) is 32.1 Å². The number of phenols is 1. The van der Waals surface area contributed by atoms with E-state index < -0.39 is 83.5 Å². The number of phosphoric ester groups is 3. The van der Waals surface area contributed by atoms with Gasteiger partial charge in [0.2, 0.25) is 16.8 Å². The van der Waals surface area contributed by atoms with Crippen LogP contribution in [0.15, 0.2) is 30.9 Å². The molecule has 348 valence electrons. The van der Waals surface area contributed by atoms with E-state index in [1.54, 1.807) is 0 Å². The summed E-state index contributed by atoms with van der Waals surface area (Å²) >= 11 is 0.900. The number of ether oxygens (including phenoxy) is 3. The number of phenolic OH excluding ortho intramolecular Hbond substituents is 1. The second kappa shape index (κ2) is 19.6. The van der Waals surface area contributed by atoms with Gasteiger partial charge in [0.15, 0.2) is 34.8 Å². The van der Waals surface area contributed by atoms with Gasteiger partial charge in [0.05, 0.1) is 27.2 Å². The molecule has 0 radical (unpaired) electrons. The number of nitrogen functional groups attached to an aromatic ring is 1. The van der Waals surface area contributed by atoms with Crippen molar-refractivity contribution in [1.82, 2.24) is 30.2 Å². The topological polar surface area (TPSA) is 402 Å². The van der Waals surface area contributed by atoms with E-state index in [1.807, 2.05) is 0 Å². The number of hydrogen-bond donors (Lipinski definition) is 10. The van der Waals surface area contributed by atoms with Crippen LogP contribution in [0.2, 0.25) is 0 Å². The number of aliphatic hydroxyl groups excluding tert-OH is 1. The maximum atomic E-state index is 13.0. The number of carbonyl (C=O) groups excluding carboxylic acids is 3. The van der Waals surface area contributed by atoms with Crippen molar-refractivity contribution >= 4 is 75.2 Å². The van der Waals surface area contributed by atoms with E-state index in [2.05, 4.69) is 34.4 Å². The third kappa shape index (κ3) is 11.8. The number of nitrogens with zero attached hydrogens (tertiary/aromatic N) is 4. The van der Waals surface area contributed by atoms with Gasteiger partial charge in [-0.15, -0.1) is 0 Å². The molecule has 3 heterocycles. The number of thioether (sulfide) groups is 1. The van der Waals surface area contributed by atoms with Crippen LogP contribution in [-0.2, 0) is 50.7 Å². The van der Waals surface area contributed by atoms with Gasteiger partial charge in [-0.1, -0.05) is 31.7 Å². The van der Waals surface area contributed by atoms with Gasteiger partial charge in [0, 0.05) is 30.7 Å². The summed E-state index contributed by atoms with van der Waals surface area (Å²) in [5, 5.41) is 36.6. The maximum Gasteiger partial charge on any atom is 0.481 e. The maximum absolute atomic E-state index is 13.0. The first kappa shape index (κ1) is 49.9. The van der Waals surface area contributed by atoms with Crippen LogP contribution < -0.4 is 25.8 Å². The Labute approximate surface area is 360 Å². The lowest BCUT2D eigenvalue weighted by Gasteiger charge is -2.22. The van der Waals surface area contributed by atoms with Gasteiger partial charge in [-0.2, -0.15) is 4.31 Å². The number of anilines is 1. The largest absolute Gasteiger partial charge is 0.502 e. The van der Waals surface area contributed by atoms with Crippen molar-refractivity contribution in [2.45, 2.75) is 56.5 Å². The lowest BCUT2D eigenvalue weighted by atomic mass is 10.1. The van der Waals surface area contributed by atoms with Gasteiger partial charge < -0.3 is 65.5 Å². The first-order valence-corrected chi connectivity index (χ1v) is 23.6. The molecule has 2 aliphatic rings. The van der Waals surface area contributed by atoms with E-state index in [0.717, 1.165) is 29.0 Å². The third-order valence-corrected chi connectivity index (χ3v) is 13.5. The normalized spacial score (nSPS) is 25.0. The van der Waals surface area contributed by atoms with Gasteiger partial charge in [0.1, 0.15) is 36.3 Å². The molecule has 1 aliphatic carbocycles. The van der Waals surface area contributed by atoms with Crippen LogP contribution >= 0.6 is 35.2 Å². The number of imidazole rings is 1. The molecule has 1 saturated heterocycles. The molecule has 1 aromatic carbocycles. The molecule has 1 saturated carbocycles. The molecule has 0 spiro atoms. The molecule has 27 nitrogen and oxygen atoms in total. The lowest BCUT2D eigenvalue weighted by molar-refractivity contribution is -0.134.